The third-order valence-electron chi connectivity index (χ3n) is 5.69. The van der Waals surface area contributed by atoms with Crippen molar-refractivity contribution in [1.82, 2.24) is 9.47 Å². The number of urea groups is 1. The van der Waals surface area contributed by atoms with Crippen molar-refractivity contribution >= 4 is 38.5 Å². The SMILES string of the molecule is NC(=O)n1cc(NC(=O)N2C[C@H](F)C[C@H]2CCS(=O)(=O)c2cccc(F)c2)c2ccccc21. The van der Waals surface area contributed by atoms with Crippen LogP contribution in [0.4, 0.5) is 24.1 Å². The number of anilines is 1. The lowest BCUT2D eigenvalue weighted by Crippen LogP contribution is -2.39. The van der Waals surface area contributed by atoms with E-state index < -0.39 is 39.9 Å². The van der Waals surface area contributed by atoms with Crippen molar-refractivity contribution in [1.29, 1.82) is 0 Å². The number of carbonyl (C=O) groups excluding carboxylic acids is 2. The molecule has 4 rings (SSSR count). The van der Waals surface area contributed by atoms with Gasteiger partial charge in [0.05, 0.1) is 28.4 Å². The van der Waals surface area contributed by atoms with Gasteiger partial charge in [0.2, 0.25) is 0 Å². The number of halogens is 2. The fraction of sp³-hybridized carbons (Fsp3) is 0.273. The second-order valence-corrected chi connectivity index (χ2v) is 10.0. The number of fused-ring (bicyclic) bond motifs is 1. The molecule has 3 N–H and O–H groups in total. The number of nitrogens with zero attached hydrogens (tertiary/aromatic N) is 2. The number of amides is 3. The number of hydrogen-bond donors (Lipinski definition) is 2. The molecule has 1 aliphatic heterocycles. The minimum absolute atomic E-state index is 0.00423. The number of carbonyl (C=O) groups is 2. The first-order valence-electron chi connectivity index (χ1n) is 10.3. The van der Waals surface area contributed by atoms with E-state index in [9.17, 15) is 26.8 Å². The Balaban J connectivity index is 1.51. The van der Waals surface area contributed by atoms with Crippen LogP contribution in [0, 0.1) is 5.82 Å². The first-order chi connectivity index (χ1) is 15.7. The largest absolute Gasteiger partial charge is 0.351 e. The summed E-state index contributed by atoms with van der Waals surface area (Å²) in [7, 11) is -3.81. The Kier molecular flexibility index (Phi) is 6.07. The maximum Gasteiger partial charge on any atom is 0.323 e. The number of nitrogens with one attached hydrogen (secondary N) is 1. The topological polar surface area (TPSA) is 114 Å². The fourth-order valence-corrected chi connectivity index (χ4v) is 5.50. The lowest BCUT2D eigenvalue weighted by atomic mass is 10.1. The highest BCUT2D eigenvalue weighted by Crippen LogP contribution is 2.29. The van der Waals surface area contributed by atoms with Crippen molar-refractivity contribution in [3.8, 4) is 0 Å². The number of likely N-dealkylation sites (tertiary alicyclic amines) is 1. The number of aromatic nitrogens is 1. The molecule has 2 aromatic carbocycles. The Morgan fingerprint density at radius 1 is 1.15 bits per heavy atom. The van der Waals surface area contributed by atoms with Crippen LogP contribution >= 0.6 is 0 Å². The van der Waals surface area contributed by atoms with Crippen LogP contribution in [0.1, 0.15) is 12.8 Å². The van der Waals surface area contributed by atoms with E-state index in [0.29, 0.717) is 16.6 Å². The van der Waals surface area contributed by atoms with Crippen molar-refractivity contribution in [2.24, 2.45) is 5.73 Å². The lowest BCUT2D eigenvalue weighted by Gasteiger charge is -2.24. The van der Waals surface area contributed by atoms with Crippen LogP contribution in [0.25, 0.3) is 10.9 Å². The molecule has 0 spiro atoms. The van der Waals surface area contributed by atoms with Crippen molar-refractivity contribution in [3.05, 3.63) is 60.5 Å². The first kappa shape index (κ1) is 22.7. The molecule has 2 heterocycles. The van der Waals surface area contributed by atoms with Crippen molar-refractivity contribution < 1.29 is 26.8 Å². The van der Waals surface area contributed by atoms with Crippen LogP contribution in [0.15, 0.2) is 59.6 Å². The molecule has 0 bridgehead atoms. The molecule has 174 valence electrons. The molecule has 0 aliphatic carbocycles. The predicted molar refractivity (Wildman–Crippen MR) is 119 cm³/mol. The number of hydrogen-bond acceptors (Lipinski definition) is 4. The van der Waals surface area contributed by atoms with E-state index in [4.69, 9.17) is 5.73 Å². The van der Waals surface area contributed by atoms with Gasteiger partial charge in [-0.25, -0.2) is 26.8 Å². The summed E-state index contributed by atoms with van der Waals surface area (Å²) in [6.07, 6.45) is 0.0759. The monoisotopic (exact) mass is 476 g/mol. The minimum Gasteiger partial charge on any atom is -0.351 e. The van der Waals surface area contributed by atoms with Gasteiger partial charge in [-0.1, -0.05) is 24.3 Å². The molecule has 1 saturated heterocycles. The first-order valence-corrected chi connectivity index (χ1v) is 11.9. The van der Waals surface area contributed by atoms with Gasteiger partial charge in [0, 0.05) is 24.0 Å². The number of benzene rings is 2. The van der Waals surface area contributed by atoms with Crippen LogP contribution < -0.4 is 11.1 Å². The third-order valence-corrected chi connectivity index (χ3v) is 7.44. The summed E-state index contributed by atoms with van der Waals surface area (Å²) in [5.41, 5.74) is 6.22. The molecule has 1 fully saturated rings. The van der Waals surface area contributed by atoms with Crippen molar-refractivity contribution in [2.75, 3.05) is 17.6 Å². The van der Waals surface area contributed by atoms with Crippen LogP contribution in [0.5, 0.6) is 0 Å². The highest BCUT2D eigenvalue weighted by atomic mass is 32.2. The average Bonchev–Trinajstić information content (AvgIpc) is 3.33. The third kappa shape index (κ3) is 4.68. The second-order valence-electron chi connectivity index (χ2n) is 7.90. The van der Waals surface area contributed by atoms with Gasteiger partial charge < -0.3 is 16.0 Å². The van der Waals surface area contributed by atoms with E-state index in [1.807, 2.05) is 0 Å². The van der Waals surface area contributed by atoms with E-state index in [-0.39, 0.29) is 30.0 Å². The summed E-state index contributed by atoms with van der Waals surface area (Å²) < 4.78 is 54.0. The zero-order valence-electron chi connectivity index (χ0n) is 17.4. The normalized spacial score (nSPS) is 18.5. The number of rotatable bonds is 5. The van der Waals surface area contributed by atoms with E-state index in [1.165, 1.54) is 27.8 Å². The van der Waals surface area contributed by atoms with E-state index in [0.717, 1.165) is 12.1 Å². The molecule has 0 saturated carbocycles. The minimum atomic E-state index is -3.81. The predicted octanol–water partition coefficient (Wildman–Crippen LogP) is 3.52. The maximum atomic E-state index is 14.2. The molecule has 2 atom stereocenters. The molecule has 1 aromatic heterocycles. The Bertz CT molecular complexity index is 1320. The zero-order valence-corrected chi connectivity index (χ0v) is 18.3. The van der Waals surface area contributed by atoms with Crippen LogP contribution in [-0.4, -0.2) is 54.5 Å². The van der Waals surface area contributed by atoms with Gasteiger partial charge in [-0.3, -0.25) is 4.57 Å². The summed E-state index contributed by atoms with van der Waals surface area (Å²) in [5, 5.41) is 3.26. The van der Waals surface area contributed by atoms with Crippen molar-refractivity contribution in [2.45, 2.75) is 30.0 Å². The summed E-state index contributed by atoms with van der Waals surface area (Å²) in [6, 6.07) is 9.50. The van der Waals surface area contributed by atoms with E-state index in [2.05, 4.69) is 5.32 Å². The number of para-hydroxylation sites is 1. The van der Waals surface area contributed by atoms with Crippen LogP contribution in [0.3, 0.4) is 0 Å². The molecular formula is C22H22F2N4O4S. The van der Waals surface area contributed by atoms with Crippen LogP contribution in [-0.2, 0) is 9.84 Å². The number of primary amides is 1. The fourth-order valence-electron chi connectivity index (χ4n) is 4.10. The molecule has 8 nitrogen and oxygen atoms in total. The molecule has 11 heteroatoms. The van der Waals surface area contributed by atoms with Crippen molar-refractivity contribution in [3.63, 3.8) is 0 Å². The summed E-state index contributed by atoms with van der Waals surface area (Å²) in [4.78, 5) is 25.8. The highest BCUT2D eigenvalue weighted by Gasteiger charge is 2.36. The van der Waals surface area contributed by atoms with Gasteiger partial charge in [0.25, 0.3) is 0 Å². The van der Waals surface area contributed by atoms with E-state index >= 15 is 0 Å². The van der Waals surface area contributed by atoms with Crippen LogP contribution in [0.2, 0.25) is 0 Å². The molecule has 0 unspecified atom stereocenters. The van der Waals surface area contributed by atoms with Gasteiger partial charge in [0.15, 0.2) is 9.84 Å². The molecule has 33 heavy (non-hydrogen) atoms. The smallest absolute Gasteiger partial charge is 0.323 e. The second kappa shape index (κ2) is 8.81. The Morgan fingerprint density at radius 2 is 1.91 bits per heavy atom. The summed E-state index contributed by atoms with van der Waals surface area (Å²) >= 11 is 0. The molecule has 0 radical (unpaired) electrons. The number of nitrogens with two attached hydrogens (primary N) is 1. The lowest BCUT2D eigenvalue weighted by molar-refractivity contribution is 0.203. The number of sulfone groups is 1. The van der Waals surface area contributed by atoms with Gasteiger partial charge in [-0.05, 0) is 30.7 Å². The van der Waals surface area contributed by atoms with Gasteiger partial charge in [0.1, 0.15) is 12.0 Å². The highest BCUT2D eigenvalue weighted by molar-refractivity contribution is 7.91. The Morgan fingerprint density at radius 3 is 2.64 bits per heavy atom. The standard InChI is InChI=1S/C22H22F2N4O4S/c23-14-4-3-5-17(11-14)33(31,32)9-8-16-10-15(24)12-27(16)22(30)26-19-13-28(21(25)29)20-7-2-1-6-18(19)20/h1-7,11,13,15-16H,8-10,12H2,(H2,25,29)(H,26,30)/t15-,16-/m1/s1. The number of alkyl halides is 1. The summed E-state index contributed by atoms with van der Waals surface area (Å²) in [6.45, 7) is -0.190. The quantitative estimate of drug-likeness (QED) is 0.586. The van der Waals surface area contributed by atoms with Gasteiger partial charge >= 0.3 is 12.1 Å². The maximum absolute atomic E-state index is 14.2. The van der Waals surface area contributed by atoms with Gasteiger partial charge in [-0.2, -0.15) is 0 Å². The zero-order chi connectivity index (χ0) is 23.8. The molecule has 1 aliphatic rings. The van der Waals surface area contributed by atoms with E-state index in [1.54, 1.807) is 24.3 Å². The van der Waals surface area contributed by atoms with Gasteiger partial charge in [-0.15, -0.1) is 0 Å². The average molecular weight is 477 g/mol. The molecule has 3 amide bonds. The molecule has 3 aromatic rings. The molecular weight excluding hydrogens is 454 g/mol. The Labute approximate surface area is 188 Å². The Hall–Kier alpha value is -3.47. The summed E-state index contributed by atoms with van der Waals surface area (Å²) in [5.74, 6) is -1.03.